The van der Waals surface area contributed by atoms with Crippen LogP contribution < -0.4 is 11.1 Å². The number of carbonyl (C=O) groups is 1. The fourth-order valence-corrected chi connectivity index (χ4v) is 2.62. The molecule has 0 atom stereocenters. The molecule has 2 N–H and O–H groups in total. The van der Waals surface area contributed by atoms with Crippen LogP contribution in [0.2, 0.25) is 0 Å². The molecule has 0 unspecified atom stereocenters. The van der Waals surface area contributed by atoms with Crippen LogP contribution in [0, 0.1) is 0 Å². The van der Waals surface area contributed by atoms with Crippen molar-refractivity contribution in [3.8, 4) is 0 Å². The largest absolute Gasteiger partial charge is 0.438 e. The van der Waals surface area contributed by atoms with Gasteiger partial charge in [0, 0.05) is 17.5 Å². The first-order chi connectivity index (χ1) is 11.5. The van der Waals surface area contributed by atoms with Crippen LogP contribution in [0.3, 0.4) is 0 Å². The van der Waals surface area contributed by atoms with Crippen molar-refractivity contribution in [3.05, 3.63) is 62.3 Å². The molecule has 2 aromatic heterocycles. The highest BCUT2D eigenvalue weighted by atomic mass is 32.1. The highest BCUT2D eigenvalue weighted by Gasteiger charge is 2.16. The molecule has 3 aromatic rings. The number of rotatable bonds is 5. The van der Waals surface area contributed by atoms with Crippen LogP contribution in [0.25, 0.3) is 0 Å². The summed E-state index contributed by atoms with van der Waals surface area (Å²) in [7, 11) is 0. The average Bonchev–Trinajstić information content (AvgIpc) is 3.17. The van der Waals surface area contributed by atoms with Crippen molar-refractivity contribution in [2.24, 2.45) is 0 Å². The van der Waals surface area contributed by atoms with Gasteiger partial charge in [-0.15, -0.1) is 11.3 Å². The van der Waals surface area contributed by atoms with Gasteiger partial charge >= 0.3 is 5.76 Å². The summed E-state index contributed by atoms with van der Waals surface area (Å²) in [4.78, 5) is 29.0. The first-order valence-corrected chi connectivity index (χ1v) is 7.58. The normalized spacial score (nSPS) is 11.0. The average molecular weight is 352 g/mol. The maximum atomic E-state index is 12.5. The summed E-state index contributed by atoms with van der Waals surface area (Å²) in [6.07, 6.45) is -2.40. The molecule has 24 heavy (non-hydrogen) atoms. The molecule has 0 radical (unpaired) electrons. The minimum absolute atomic E-state index is 0.0680. The molecule has 2 heterocycles. The number of H-pyrrole nitrogens is 1. The lowest BCUT2D eigenvalue weighted by Gasteiger charge is -2.05. The number of anilines is 1. The van der Waals surface area contributed by atoms with Gasteiger partial charge in [-0.3, -0.25) is 14.3 Å². The van der Waals surface area contributed by atoms with Crippen LogP contribution in [0.4, 0.5) is 14.5 Å². The second-order valence-corrected chi connectivity index (χ2v) is 5.63. The Labute approximate surface area is 137 Å². The molecule has 0 aliphatic carbocycles. The molecule has 1 aromatic carbocycles. The second-order valence-electron chi connectivity index (χ2n) is 4.74. The van der Waals surface area contributed by atoms with E-state index in [0.29, 0.717) is 17.9 Å². The summed E-state index contributed by atoms with van der Waals surface area (Å²) in [6.45, 7) is 0. The van der Waals surface area contributed by atoms with Crippen molar-refractivity contribution in [1.29, 1.82) is 0 Å². The zero-order valence-corrected chi connectivity index (χ0v) is 12.8. The summed E-state index contributed by atoms with van der Waals surface area (Å²) in [5.41, 5.74) is 1.17. The number of alkyl halides is 2. The molecule has 0 bridgehead atoms. The van der Waals surface area contributed by atoms with E-state index < -0.39 is 23.1 Å². The van der Waals surface area contributed by atoms with Gasteiger partial charge < -0.3 is 5.32 Å². The number of halogens is 2. The summed E-state index contributed by atoms with van der Waals surface area (Å²) in [6, 6.07) is 6.80. The number of nitrogens with one attached hydrogen (secondary N) is 2. The Balaban J connectivity index is 1.71. The van der Waals surface area contributed by atoms with Gasteiger partial charge in [-0.25, -0.2) is 18.6 Å². The van der Waals surface area contributed by atoms with E-state index in [1.165, 1.54) is 5.38 Å². The molecular formula is C14H10F2N4O3S. The van der Waals surface area contributed by atoms with Crippen LogP contribution in [0.5, 0.6) is 0 Å². The van der Waals surface area contributed by atoms with Crippen LogP contribution >= 0.6 is 11.3 Å². The van der Waals surface area contributed by atoms with Crippen molar-refractivity contribution in [2.45, 2.75) is 12.8 Å². The molecule has 3 rings (SSSR count). The molecule has 0 aliphatic heterocycles. The minimum Gasteiger partial charge on any atom is -0.321 e. The Bertz CT molecular complexity index is 918. The second kappa shape index (κ2) is 6.71. The van der Waals surface area contributed by atoms with Crippen molar-refractivity contribution < 1.29 is 18.1 Å². The molecular weight excluding hydrogens is 342 g/mol. The molecule has 0 saturated heterocycles. The first-order valence-electron chi connectivity index (χ1n) is 6.70. The number of carbonyl (C=O) groups excluding carboxylic acids is 1. The number of aromatic nitrogens is 3. The zero-order chi connectivity index (χ0) is 17.1. The number of hydrogen-bond acceptors (Lipinski definition) is 6. The predicted octanol–water partition coefficient (Wildman–Crippen LogP) is 2.60. The summed E-state index contributed by atoms with van der Waals surface area (Å²) >= 11 is 0.729. The molecule has 0 fully saturated rings. The maximum absolute atomic E-state index is 12.5. The third-order valence-electron chi connectivity index (χ3n) is 2.98. The first kappa shape index (κ1) is 16.0. The van der Waals surface area contributed by atoms with Crippen molar-refractivity contribution in [1.82, 2.24) is 15.1 Å². The number of amides is 1. The summed E-state index contributed by atoms with van der Waals surface area (Å²) in [5.74, 6) is -0.873. The van der Waals surface area contributed by atoms with E-state index in [4.69, 9.17) is 0 Å². The Morgan fingerprint density at radius 3 is 2.92 bits per heavy atom. The van der Waals surface area contributed by atoms with Crippen LogP contribution in [-0.4, -0.2) is 21.0 Å². The lowest BCUT2D eigenvalue weighted by atomic mass is 10.1. The summed E-state index contributed by atoms with van der Waals surface area (Å²) < 4.78 is 29.4. The van der Waals surface area contributed by atoms with Gasteiger partial charge in [0.05, 0.1) is 0 Å². The quantitative estimate of drug-likeness (QED) is 0.735. The number of nitrogens with zero attached hydrogens (tertiary/aromatic N) is 2. The number of benzene rings is 1. The van der Waals surface area contributed by atoms with Crippen LogP contribution in [-0.2, 0) is 6.42 Å². The van der Waals surface area contributed by atoms with E-state index in [0.717, 1.165) is 16.9 Å². The topological polar surface area (TPSA) is 101 Å². The molecule has 1 amide bonds. The smallest absolute Gasteiger partial charge is 0.321 e. The molecule has 124 valence electrons. The minimum atomic E-state index is -2.70. The fourth-order valence-electron chi connectivity index (χ4n) is 1.98. The van der Waals surface area contributed by atoms with Crippen molar-refractivity contribution in [3.63, 3.8) is 0 Å². The zero-order valence-electron chi connectivity index (χ0n) is 12.0. The molecule has 0 saturated carbocycles. The van der Waals surface area contributed by atoms with E-state index in [9.17, 15) is 18.4 Å². The number of hydrogen-bond donors (Lipinski definition) is 2. The van der Waals surface area contributed by atoms with Gasteiger partial charge in [-0.05, 0) is 17.7 Å². The molecule has 0 aliphatic rings. The van der Waals surface area contributed by atoms with E-state index in [2.05, 4.69) is 25.0 Å². The third-order valence-corrected chi connectivity index (χ3v) is 3.83. The number of aromatic amines is 1. The Hall–Kier alpha value is -2.88. The van der Waals surface area contributed by atoms with Gasteiger partial charge in [0.1, 0.15) is 5.69 Å². The lowest BCUT2D eigenvalue weighted by Crippen LogP contribution is -2.12. The molecule has 0 spiro atoms. The molecule has 7 nitrogen and oxygen atoms in total. The molecule has 10 heteroatoms. The maximum Gasteiger partial charge on any atom is 0.438 e. The van der Waals surface area contributed by atoms with Gasteiger partial charge in [-0.2, -0.15) is 0 Å². The van der Waals surface area contributed by atoms with Crippen molar-refractivity contribution in [2.75, 3.05) is 5.32 Å². The van der Waals surface area contributed by atoms with E-state index >= 15 is 0 Å². The SMILES string of the molecule is O=C(Nc1cccc(Cc2noc(=O)[nH]2)c1)c1csc(C(F)F)n1. The van der Waals surface area contributed by atoms with E-state index in [1.807, 2.05) is 0 Å². The Morgan fingerprint density at radius 1 is 1.42 bits per heavy atom. The Morgan fingerprint density at radius 2 is 2.25 bits per heavy atom. The van der Waals surface area contributed by atoms with Gasteiger partial charge in [0.25, 0.3) is 12.3 Å². The Kier molecular flexibility index (Phi) is 4.47. The van der Waals surface area contributed by atoms with Crippen molar-refractivity contribution >= 4 is 22.9 Å². The van der Waals surface area contributed by atoms with Crippen LogP contribution in [0.15, 0.2) is 39.0 Å². The predicted molar refractivity (Wildman–Crippen MR) is 81.4 cm³/mol. The standard InChI is InChI=1S/C14H10F2N4O3S/c15-11(16)13-18-9(6-24-13)12(21)17-8-3-1-2-7(4-8)5-10-19-14(22)23-20-10/h1-4,6,11H,5H2,(H,17,21)(H,19,20,22). The van der Waals surface area contributed by atoms with Gasteiger partial charge in [0.2, 0.25) is 0 Å². The highest BCUT2D eigenvalue weighted by Crippen LogP contribution is 2.23. The fraction of sp³-hybridized carbons (Fsp3) is 0.143. The third kappa shape index (κ3) is 3.71. The lowest BCUT2D eigenvalue weighted by molar-refractivity contribution is 0.102. The van der Waals surface area contributed by atoms with E-state index in [-0.39, 0.29) is 5.69 Å². The summed E-state index contributed by atoms with van der Waals surface area (Å²) in [5, 5.41) is 7.02. The van der Waals surface area contributed by atoms with Gasteiger partial charge in [-0.1, -0.05) is 17.3 Å². The number of thiazole rings is 1. The van der Waals surface area contributed by atoms with Crippen LogP contribution in [0.1, 0.15) is 33.3 Å². The van der Waals surface area contributed by atoms with E-state index in [1.54, 1.807) is 24.3 Å². The monoisotopic (exact) mass is 352 g/mol. The van der Waals surface area contributed by atoms with Gasteiger partial charge in [0.15, 0.2) is 10.8 Å². The highest BCUT2D eigenvalue weighted by molar-refractivity contribution is 7.09.